The lowest BCUT2D eigenvalue weighted by Gasteiger charge is -2.20. The van der Waals surface area contributed by atoms with E-state index in [1.165, 1.54) is 24.3 Å². The third kappa shape index (κ3) is 4.87. The van der Waals surface area contributed by atoms with Crippen LogP contribution in [0.15, 0.2) is 54.6 Å². The van der Waals surface area contributed by atoms with Crippen molar-refractivity contribution in [2.24, 2.45) is 5.92 Å². The zero-order valence-electron chi connectivity index (χ0n) is 13.6. The molecule has 7 nitrogen and oxygen atoms in total. The number of aliphatic carboxylic acids is 1. The fraction of sp³-hybridized carbons (Fsp3) is 0.222. The summed E-state index contributed by atoms with van der Waals surface area (Å²) >= 11 is 0. The second kappa shape index (κ2) is 8.05. The average Bonchev–Trinajstić information content (AvgIpc) is 2.60. The Morgan fingerprint density at radius 2 is 1.72 bits per heavy atom. The zero-order valence-corrected chi connectivity index (χ0v) is 13.6. The summed E-state index contributed by atoms with van der Waals surface area (Å²) in [5.74, 6) is -2.71. The van der Waals surface area contributed by atoms with Gasteiger partial charge in [0.2, 0.25) is 5.91 Å². The van der Waals surface area contributed by atoms with E-state index in [1.807, 2.05) is 30.3 Å². The number of carbonyl (C=O) groups is 2. The van der Waals surface area contributed by atoms with Gasteiger partial charge in [-0.2, -0.15) is 0 Å². The van der Waals surface area contributed by atoms with E-state index in [-0.39, 0.29) is 18.0 Å². The molecule has 0 aliphatic carbocycles. The number of amides is 1. The standard InChI is InChI=1S/C18H18N2O5/c1-12(13-5-3-2-4-6-13)16(18(22)23)11-17(21)19-14-7-9-15(10-8-14)20(24)25/h2-10,12,16H,11H2,1H3,(H,19,21)(H,22,23)/t12-,16+/m0/s1. The predicted molar refractivity (Wildman–Crippen MR) is 92.3 cm³/mol. The Bertz CT molecular complexity index is 759. The van der Waals surface area contributed by atoms with Crippen LogP contribution >= 0.6 is 0 Å². The van der Waals surface area contributed by atoms with Crippen molar-refractivity contribution in [3.8, 4) is 0 Å². The minimum atomic E-state index is -1.05. The molecular formula is C18H18N2O5. The Kier molecular flexibility index (Phi) is 5.84. The second-order valence-electron chi connectivity index (χ2n) is 5.70. The number of carbonyl (C=O) groups excluding carboxylic acids is 1. The molecule has 25 heavy (non-hydrogen) atoms. The Hall–Kier alpha value is -3.22. The quantitative estimate of drug-likeness (QED) is 0.592. The molecule has 0 bridgehead atoms. The summed E-state index contributed by atoms with van der Waals surface area (Å²) in [5, 5.41) is 22.7. The summed E-state index contributed by atoms with van der Waals surface area (Å²) < 4.78 is 0. The van der Waals surface area contributed by atoms with Crippen molar-refractivity contribution in [2.45, 2.75) is 19.3 Å². The fourth-order valence-corrected chi connectivity index (χ4v) is 2.55. The predicted octanol–water partition coefficient (Wildman–Crippen LogP) is 3.43. The van der Waals surface area contributed by atoms with Gasteiger partial charge < -0.3 is 10.4 Å². The van der Waals surface area contributed by atoms with E-state index < -0.39 is 22.7 Å². The van der Waals surface area contributed by atoms with Crippen LogP contribution < -0.4 is 5.32 Å². The van der Waals surface area contributed by atoms with Crippen LogP contribution in [0.5, 0.6) is 0 Å². The number of hydrogen-bond acceptors (Lipinski definition) is 4. The summed E-state index contributed by atoms with van der Waals surface area (Å²) in [6.45, 7) is 1.77. The van der Waals surface area contributed by atoms with Gasteiger partial charge in [0, 0.05) is 24.2 Å². The number of nitrogens with one attached hydrogen (secondary N) is 1. The molecule has 0 spiro atoms. The molecule has 0 saturated heterocycles. The third-order valence-electron chi connectivity index (χ3n) is 4.01. The van der Waals surface area contributed by atoms with Gasteiger partial charge in [0.05, 0.1) is 10.8 Å². The molecule has 0 aromatic heterocycles. The Balaban J connectivity index is 2.05. The van der Waals surface area contributed by atoms with Gasteiger partial charge in [0.25, 0.3) is 5.69 Å². The van der Waals surface area contributed by atoms with Gasteiger partial charge in [-0.3, -0.25) is 19.7 Å². The van der Waals surface area contributed by atoms with Gasteiger partial charge in [0.15, 0.2) is 0 Å². The maximum absolute atomic E-state index is 12.2. The van der Waals surface area contributed by atoms with Gasteiger partial charge in [-0.05, 0) is 23.6 Å². The van der Waals surface area contributed by atoms with Crippen LogP contribution in [0.3, 0.4) is 0 Å². The molecular weight excluding hydrogens is 324 g/mol. The Morgan fingerprint density at radius 1 is 1.12 bits per heavy atom. The first-order valence-electron chi connectivity index (χ1n) is 7.70. The molecule has 7 heteroatoms. The number of carboxylic acid groups (broad SMARTS) is 1. The summed E-state index contributed by atoms with van der Waals surface area (Å²) in [6, 6.07) is 14.5. The van der Waals surface area contributed by atoms with Crippen LogP contribution in [0, 0.1) is 16.0 Å². The van der Waals surface area contributed by atoms with Crippen molar-refractivity contribution in [1.29, 1.82) is 0 Å². The van der Waals surface area contributed by atoms with Crippen LogP contribution in [0.1, 0.15) is 24.8 Å². The van der Waals surface area contributed by atoms with Gasteiger partial charge in [-0.15, -0.1) is 0 Å². The number of benzene rings is 2. The summed E-state index contributed by atoms with van der Waals surface area (Å²) in [7, 11) is 0. The summed E-state index contributed by atoms with van der Waals surface area (Å²) in [6.07, 6.45) is -0.192. The number of nitrogens with zero attached hydrogens (tertiary/aromatic N) is 1. The largest absolute Gasteiger partial charge is 0.481 e. The maximum Gasteiger partial charge on any atom is 0.307 e. The SMILES string of the molecule is C[C@@H](c1ccccc1)[C@@H](CC(=O)Nc1ccc([N+](=O)[O-])cc1)C(=O)O. The highest BCUT2D eigenvalue weighted by molar-refractivity contribution is 5.93. The average molecular weight is 342 g/mol. The van der Waals surface area contributed by atoms with Crippen LogP contribution in [-0.4, -0.2) is 21.9 Å². The molecule has 2 atom stereocenters. The maximum atomic E-state index is 12.2. The van der Waals surface area contributed by atoms with Crippen molar-refractivity contribution in [1.82, 2.24) is 0 Å². The minimum absolute atomic E-state index is 0.0842. The normalized spacial score (nSPS) is 12.8. The van der Waals surface area contributed by atoms with Crippen molar-refractivity contribution in [2.75, 3.05) is 5.32 Å². The molecule has 1 amide bonds. The molecule has 0 radical (unpaired) electrons. The van der Waals surface area contributed by atoms with E-state index in [4.69, 9.17) is 0 Å². The van der Waals surface area contributed by atoms with Gasteiger partial charge in [0.1, 0.15) is 0 Å². The monoisotopic (exact) mass is 342 g/mol. The van der Waals surface area contributed by atoms with E-state index in [9.17, 15) is 24.8 Å². The van der Waals surface area contributed by atoms with E-state index >= 15 is 0 Å². The molecule has 0 aliphatic heterocycles. The molecule has 2 aromatic rings. The summed E-state index contributed by atoms with van der Waals surface area (Å²) in [4.78, 5) is 33.8. The smallest absolute Gasteiger partial charge is 0.307 e. The van der Waals surface area contributed by atoms with Gasteiger partial charge >= 0.3 is 5.97 Å². The number of nitro groups is 1. The lowest BCUT2D eigenvalue weighted by Crippen LogP contribution is -2.26. The van der Waals surface area contributed by atoms with E-state index in [1.54, 1.807) is 6.92 Å². The molecule has 2 aromatic carbocycles. The lowest BCUT2D eigenvalue weighted by atomic mass is 9.85. The molecule has 130 valence electrons. The lowest BCUT2D eigenvalue weighted by molar-refractivity contribution is -0.384. The number of hydrogen-bond donors (Lipinski definition) is 2. The number of rotatable bonds is 7. The number of anilines is 1. The Morgan fingerprint density at radius 3 is 2.24 bits per heavy atom. The highest BCUT2D eigenvalue weighted by atomic mass is 16.6. The van der Waals surface area contributed by atoms with Crippen LogP contribution in [0.25, 0.3) is 0 Å². The van der Waals surface area contributed by atoms with Crippen molar-refractivity contribution >= 4 is 23.3 Å². The van der Waals surface area contributed by atoms with Crippen molar-refractivity contribution < 1.29 is 19.6 Å². The fourth-order valence-electron chi connectivity index (χ4n) is 2.55. The van der Waals surface area contributed by atoms with Crippen LogP contribution in [0.2, 0.25) is 0 Å². The molecule has 0 aliphatic rings. The van der Waals surface area contributed by atoms with E-state index in [0.717, 1.165) is 5.56 Å². The molecule has 2 N–H and O–H groups in total. The van der Waals surface area contributed by atoms with Crippen LogP contribution in [0.4, 0.5) is 11.4 Å². The highest BCUT2D eigenvalue weighted by Gasteiger charge is 2.28. The number of nitro benzene ring substituents is 1. The van der Waals surface area contributed by atoms with Crippen molar-refractivity contribution in [3.05, 3.63) is 70.3 Å². The topological polar surface area (TPSA) is 110 Å². The number of non-ortho nitro benzene ring substituents is 1. The van der Waals surface area contributed by atoms with Gasteiger partial charge in [-0.1, -0.05) is 37.3 Å². The third-order valence-corrected chi connectivity index (χ3v) is 4.01. The minimum Gasteiger partial charge on any atom is -0.481 e. The molecule has 2 rings (SSSR count). The van der Waals surface area contributed by atoms with Crippen molar-refractivity contribution in [3.63, 3.8) is 0 Å². The Labute approximate surface area is 144 Å². The number of carboxylic acids is 1. The van der Waals surface area contributed by atoms with Crippen LogP contribution in [-0.2, 0) is 9.59 Å². The summed E-state index contributed by atoms with van der Waals surface area (Å²) in [5.41, 5.74) is 1.14. The molecule has 0 saturated carbocycles. The van der Waals surface area contributed by atoms with E-state index in [2.05, 4.69) is 5.32 Å². The molecule has 0 heterocycles. The molecule has 0 unspecified atom stereocenters. The first-order valence-corrected chi connectivity index (χ1v) is 7.70. The first kappa shape index (κ1) is 18.1. The highest BCUT2D eigenvalue weighted by Crippen LogP contribution is 2.27. The zero-order chi connectivity index (χ0) is 18.4. The van der Waals surface area contributed by atoms with E-state index in [0.29, 0.717) is 5.69 Å². The van der Waals surface area contributed by atoms with Gasteiger partial charge in [-0.25, -0.2) is 0 Å². The second-order valence-corrected chi connectivity index (χ2v) is 5.70. The molecule has 0 fully saturated rings. The first-order chi connectivity index (χ1) is 11.9.